The summed E-state index contributed by atoms with van der Waals surface area (Å²) < 4.78 is 16.1. The topological polar surface area (TPSA) is 78.0 Å². The summed E-state index contributed by atoms with van der Waals surface area (Å²) >= 11 is 1.55. The molecule has 4 rings (SSSR count). The lowest BCUT2D eigenvalue weighted by atomic mass is 10.1. The number of hydrogen-bond acceptors (Lipinski definition) is 7. The summed E-state index contributed by atoms with van der Waals surface area (Å²) in [5.41, 5.74) is 3.21. The average molecular weight is 453 g/mol. The van der Waals surface area contributed by atoms with Crippen LogP contribution >= 0.6 is 11.3 Å². The molecule has 1 unspecified atom stereocenters. The fourth-order valence-corrected chi connectivity index (χ4v) is 4.22. The van der Waals surface area contributed by atoms with Crippen LogP contribution in [0.25, 0.3) is 21.8 Å². The van der Waals surface area contributed by atoms with E-state index in [1.165, 1.54) is 4.90 Å². The molecule has 166 valence electrons. The van der Waals surface area contributed by atoms with Gasteiger partial charge in [-0.1, -0.05) is 30.3 Å². The quantitative estimate of drug-likeness (QED) is 0.377. The van der Waals surface area contributed by atoms with Crippen LogP contribution in [-0.4, -0.2) is 49.3 Å². The number of hydrogen-bond donors (Lipinski definition) is 0. The van der Waals surface area contributed by atoms with Gasteiger partial charge in [-0.3, -0.25) is 14.5 Å². The number of rotatable bonds is 8. The maximum atomic E-state index is 12.8. The van der Waals surface area contributed by atoms with Crippen LogP contribution in [0.1, 0.15) is 13.8 Å². The summed E-state index contributed by atoms with van der Waals surface area (Å²) in [5, 5.41) is 2.89. The van der Waals surface area contributed by atoms with E-state index in [0.717, 1.165) is 21.8 Å². The Morgan fingerprint density at radius 1 is 1.16 bits per heavy atom. The lowest BCUT2D eigenvalue weighted by molar-refractivity contribution is -0.144. The second-order valence-electron chi connectivity index (χ2n) is 7.19. The minimum Gasteiger partial charge on any atom is -0.479 e. The lowest BCUT2D eigenvalue weighted by Crippen LogP contribution is -2.47. The Morgan fingerprint density at radius 3 is 2.75 bits per heavy atom. The number of aromatic nitrogens is 1. The molecule has 8 heteroatoms. The van der Waals surface area contributed by atoms with Crippen molar-refractivity contribution >= 4 is 28.9 Å². The highest BCUT2D eigenvalue weighted by Gasteiger charge is 2.33. The molecule has 7 nitrogen and oxygen atoms in total. The second kappa shape index (κ2) is 9.93. The van der Waals surface area contributed by atoms with Gasteiger partial charge in [0.1, 0.15) is 23.9 Å². The minimum atomic E-state index is -0.687. The van der Waals surface area contributed by atoms with Crippen LogP contribution in [0.2, 0.25) is 0 Å². The second-order valence-corrected chi connectivity index (χ2v) is 8.05. The van der Waals surface area contributed by atoms with Gasteiger partial charge in [0.05, 0.1) is 18.0 Å². The van der Waals surface area contributed by atoms with Crippen LogP contribution in [0.3, 0.4) is 0 Å². The monoisotopic (exact) mass is 452 g/mol. The summed E-state index contributed by atoms with van der Waals surface area (Å²) in [7, 11) is 0. The van der Waals surface area contributed by atoms with Gasteiger partial charge in [0.2, 0.25) is 0 Å². The predicted molar refractivity (Wildman–Crippen MR) is 123 cm³/mol. The number of fused-ring (bicyclic) bond motifs is 1. The van der Waals surface area contributed by atoms with Gasteiger partial charge in [-0.25, -0.2) is 4.98 Å². The van der Waals surface area contributed by atoms with Crippen LogP contribution in [0, 0.1) is 0 Å². The number of ether oxygens (including phenoxy) is 3. The van der Waals surface area contributed by atoms with E-state index in [-0.39, 0.29) is 19.1 Å². The largest absolute Gasteiger partial charge is 0.479 e. The van der Waals surface area contributed by atoms with Gasteiger partial charge >= 0.3 is 5.97 Å². The number of anilines is 1. The molecule has 0 N–H and O–H groups in total. The maximum Gasteiger partial charge on any atom is 0.326 e. The predicted octanol–water partition coefficient (Wildman–Crippen LogP) is 4.17. The Labute approximate surface area is 190 Å². The van der Waals surface area contributed by atoms with E-state index in [0.29, 0.717) is 24.7 Å². The molecule has 1 amide bonds. The standard InChI is InChI=1S/C24H24N2O5S/c1-3-29-11-12-30-22(27)14-26-20-13-18(9-10-21(20)31-16(2)24(26)28)19-15-32-23(25-19)17-7-5-4-6-8-17/h4-10,13,15-16H,3,11-12,14H2,1-2H3. The van der Waals surface area contributed by atoms with Gasteiger partial charge in [-0.05, 0) is 32.0 Å². The Morgan fingerprint density at radius 2 is 1.97 bits per heavy atom. The van der Waals surface area contributed by atoms with Gasteiger partial charge in [0.25, 0.3) is 5.91 Å². The molecule has 0 aliphatic carbocycles. The van der Waals surface area contributed by atoms with Crippen molar-refractivity contribution in [3.8, 4) is 27.6 Å². The molecule has 2 aromatic carbocycles. The normalized spacial score (nSPS) is 15.2. The highest BCUT2D eigenvalue weighted by atomic mass is 32.1. The molecule has 1 aliphatic rings. The number of amides is 1. The van der Waals surface area contributed by atoms with Crippen LogP contribution in [-0.2, 0) is 19.1 Å². The zero-order valence-electron chi connectivity index (χ0n) is 17.9. The lowest BCUT2D eigenvalue weighted by Gasteiger charge is -2.32. The molecule has 0 saturated heterocycles. The zero-order chi connectivity index (χ0) is 22.5. The minimum absolute atomic E-state index is 0.148. The molecular weight excluding hydrogens is 428 g/mol. The molecule has 32 heavy (non-hydrogen) atoms. The number of esters is 1. The smallest absolute Gasteiger partial charge is 0.326 e. The summed E-state index contributed by atoms with van der Waals surface area (Å²) in [6.07, 6.45) is -0.687. The van der Waals surface area contributed by atoms with Gasteiger partial charge in [-0.15, -0.1) is 11.3 Å². The van der Waals surface area contributed by atoms with E-state index in [9.17, 15) is 9.59 Å². The molecular formula is C24H24N2O5S. The van der Waals surface area contributed by atoms with Gasteiger partial charge in [0, 0.05) is 23.1 Å². The Bertz CT molecular complexity index is 1100. The van der Waals surface area contributed by atoms with E-state index in [1.807, 2.05) is 60.8 Å². The van der Waals surface area contributed by atoms with Crippen molar-refractivity contribution in [1.29, 1.82) is 0 Å². The first-order valence-electron chi connectivity index (χ1n) is 10.4. The molecule has 0 spiro atoms. The first kappa shape index (κ1) is 22.0. The molecule has 0 fully saturated rings. The fraction of sp³-hybridized carbons (Fsp3) is 0.292. The third-order valence-corrected chi connectivity index (χ3v) is 5.86. The van der Waals surface area contributed by atoms with Gasteiger partial charge in [-0.2, -0.15) is 0 Å². The highest BCUT2D eigenvalue weighted by Crippen LogP contribution is 2.38. The molecule has 1 aromatic heterocycles. The van der Waals surface area contributed by atoms with Crippen LogP contribution in [0.4, 0.5) is 5.69 Å². The van der Waals surface area contributed by atoms with Crippen molar-refractivity contribution < 1.29 is 23.8 Å². The summed E-state index contributed by atoms with van der Waals surface area (Å²) in [6, 6.07) is 15.5. The molecule has 3 aromatic rings. The van der Waals surface area contributed by atoms with E-state index in [1.54, 1.807) is 18.3 Å². The van der Waals surface area contributed by atoms with Crippen molar-refractivity contribution in [3.63, 3.8) is 0 Å². The molecule has 0 radical (unpaired) electrons. The SMILES string of the molecule is CCOCCOC(=O)CN1C(=O)C(C)Oc2ccc(-c3csc(-c4ccccc4)n3)cc21. The summed E-state index contributed by atoms with van der Waals surface area (Å²) in [4.78, 5) is 31.3. The first-order valence-corrected chi connectivity index (χ1v) is 11.3. The molecule has 1 aliphatic heterocycles. The van der Waals surface area contributed by atoms with Crippen molar-refractivity contribution in [2.24, 2.45) is 0 Å². The Balaban J connectivity index is 1.57. The third-order valence-electron chi connectivity index (χ3n) is 4.97. The van der Waals surface area contributed by atoms with E-state index in [2.05, 4.69) is 0 Å². The summed E-state index contributed by atoms with van der Waals surface area (Å²) in [5.74, 6) is -0.246. The molecule has 2 heterocycles. The van der Waals surface area contributed by atoms with E-state index >= 15 is 0 Å². The van der Waals surface area contributed by atoms with Gasteiger partial charge < -0.3 is 14.2 Å². The van der Waals surface area contributed by atoms with Crippen LogP contribution < -0.4 is 9.64 Å². The number of carbonyl (C=O) groups excluding carboxylic acids is 2. The van der Waals surface area contributed by atoms with Crippen molar-refractivity contribution in [3.05, 3.63) is 53.9 Å². The highest BCUT2D eigenvalue weighted by molar-refractivity contribution is 7.13. The Kier molecular flexibility index (Phi) is 6.82. The van der Waals surface area contributed by atoms with Crippen molar-refractivity contribution in [1.82, 2.24) is 4.98 Å². The number of benzene rings is 2. The first-order chi connectivity index (χ1) is 15.6. The number of nitrogens with zero attached hydrogens (tertiary/aromatic N) is 2. The van der Waals surface area contributed by atoms with Crippen molar-refractivity contribution in [2.45, 2.75) is 20.0 Å². The van der Waals surface area contributed by atoms with Crippen molar-refractivity contribution in [2.75, 3.05) is 31.3 Å². The zero-order valence-corrected chi connectivity index (χ0v) is 18.8. The van der Waals surface area contributed by atoms with Gasteiger partial charge in [0.15, 0.2) is 6.10 Å². The molecule has 0 saturated carbocycles. The van der Waals surface area contributed by atoms with Crippen LogP contribution in [0.15, 0.2) is 53.9 Å². The maximum absolute atomic E-state index is 12.8. The number of thiazole rings is 1. The molecule has 0 bridgehead atoms. The molecule has 1 atom stereocenters. The average Bonchev–Trinajstić information content (AvgIpc) is 3.30. The third kappa shape index (κ3) is 4.81. The van der Waals surface area contributed by atoms with Crippen LogP contribution in [0.5, 0.6) is 5.75 Å². The van der Waals surface area contributed by atoms with E-state index < -0.39 is 12.1 Å². The fourth-order valence-electron chi connectivity index (χ4n) is 3.38. The summed E-state index contributed by atoms with van der Waals surface area (Å²) in [6.45, 7) is 4.37. The Hall–Kier alpha value is -3.23. The number of carbonyl (C=O) groups is 2. The van der Waals surface area contributed by atoms with E-state index in [4.69, 9.17) is 19.2 Å².